The standard InChI is InChI=1S/C59H96O6/c1-4-7-10-13-16-19-21-23-25-26-27-28-29-30-31-32-34-35-37-40-43-46-49-52-58(61)64-55-56(54-63-57(60)51-48-45-42-39-18-15-12-9-6-3)65-59(62)53-50-47-44-41-38-36-33-24-22-20-17-14-11-8-5-2/h7,10,16-17,19-20,23-25,27-28,30-31,33-35,40,43,56H,4-6,8-9,11-15,18,21-22,26,29,32,36-39,41-42,44-55H2,1-3H3/b10-7-,19-16-,20-17-,25-23-,28-27-,31-30-,33-24-,35-34-,43-40-. The van der Waals surface area contributed by atoms with E-state index >= 15 is 0 Å². The number of allylic oxidation sites excluding steroid dienone is 18. The predicted octanol–water partition coefficient (Wildman–Crippen LogP) is 17.5. The highest BCUT2D eigenvalue weighted by Crippen LogP contribution is 2.13. The molecule has 0 saturated heterocycles. The lowest BCUT2D eigenvalue weighted by Gasteiger charge is -2.18. The molecule has 0 aromatic rings. The molecular formula is C59H96O6. The van der Waals surface area contributed by atoms with Gasteiger partial charge in [-0.25, -0.2) is 0 Å². The van der Waals surface area contributed by atoms with Crippen LogP contribution in [0.2, 0.25) is 0 Å². The van der Waals surface area contributed by atoms with Gasteiger partial charge >= 0.3 is 17.9 Å². The van der Waals surface area contributed by atoms with Crippen molar-refractivity contribution in [1.82, 2.24) is 0 Å². The van der Waals surface area contributed by atoms with E-state index in [1.165, 1.54) is 64.2 Å². The molecule has 1 unspecified atom stereocenters. The molecule has 0 bridgehead atoms. The van der Waals surface area contributed by atoms with Crippen LogP contribution in [-0.2, 0) is 28.6 Å². The van der Waals surface area contributed by atoms with Gasteiger partial charge in [0.25, 0.3) is 0 Å². The van der Waals surface area contributed by atoms with Crippen LogP contribution in [0.4, 0.5) is 0 Å². The molecule has 0 aliphatic carbocycles. The van der Waals surface area contributed by atoms with Crippen molar-refractivity contribution < 1.29 is 28.6 Å². The number of rotatable bonds is 46. The van der Waals surface area contributed by atoms with E-state index in [4.69, 9.17) is 14.2 Å². The summed E-state index contributed by atoms with van der Waals surface area (Å²) in [6, 6.07) is 0. The van der Waals surface area contributed by atoms with Crippen LogP contribution in [0.5, 0.6) is 0 Å². The molecule has 0 heterocycles. The van der Waals surface area contributed by atoms with Gasteiger partial charge in [0, 0.05) is 19.3 Å². The molecule has 0 spiro atoms. The van der Waals surface area contributed by atoms with Gasteiger partial charge in [-0.2, -0.15) is 0 Å². The fourth-order valence-corrected chi connectivity index (χ4v) is 6.81. The van der Waals surface area contributed by atoms with E-state index in [1.54, 1.807) is 0 Å². The molecule has 65 heavy (non-hydrogen) atoms. The lowest BCUT2D eigenvalue weighted by atomic mass is 10.1. The van der Waals surface area contributed by atoms with Crippen molar-refractivity contribution in [2.75, 3.05) is 13.2 Å². The molecule has 368 valence electrons. The Morgan fingerprint density at radius 2 is 0.615 bits per heavy atom. The quantitative estimate of drug-likeness (QED) is 0.0262. The minimum atomic E-state index is -0.808. The van der Waals surface area contributed by atoms with E-state index in [2.05, 4.69) is 130 Å². The Morgan fingerprint density at radius 1 is 0.323 bits per heavy atom. The van der Waals surface area contributed by atoms with E-state index in [1.807, 2.05) is 0 Å². The smallest absolute Gasteiger partial charge is 0.306 e. The second-order valence-electron chi connectivity index (χ2n) is 17.1. The minimum Gasteiger partial charge on any atom is -0.462 e. The molecule has 0 amide bonds. The van der Waals surface area contributed by atoms with Crippen LogP contribution in [-0.4, -0.2) is 37.2 Å². The van der Waals surface area contributed by atoms with Crippen molar-refractivity contribution in [1.29, 1.82) is 0 Å². The predicted molar refractivity (Wildman–Crippen MR) is 279 cm³/mol. The van der Waals surface area contributed by atoms with Crippen molar-refractivity contribution in [3.05, 3.63) is 109 Å². The largest absolute Gasteiger partial charge is 0.462 e. The van der Waals surface area contributed by atoms with Crippen LogP contribution in [0.3, 0.4) is 0 Å². The van der Waals surface area contributed by atoms with Crippen molar-refractivity contribution in [2.45, 2.75) is 232 Å². The molecule has 6 heteroatoms. The van der Waals surface area contributed by atoms with Gasteiger partial charge in [-0.3, -0.25) is 14.4 Å². The summed E-state index contributed by atoms with van der Waals surface area (Å²) < 4.78 is 16.7. The average molecular weight is 901 g/mol. The summed E-state index contributed by atoms with van der Waals surface area (Å²) in [6.07, 6.45) is 70.8. The maximum absolute atomic E-state index is 12.8. The Kier molecular flexibility index (Phi) is 49.5. The summed E-state index contributed by atoms with van der Waals surface area (Å²) in [7, 11) is 0. The van der Waals surface area contributed by atoms with E-state index in [9.17, 15) is 14.4 Å². The summed E-state index contributed by atoms with van der Waals surface area (Å²) in [6.45, 7) is 6.40. The van der Waals surface area contributed by atoms with Crippen molar-refractivity contribution in [3.8, 4) is 0 Å². The van der Waals surface area contributed by atoms with Gasteiger partial charge in [-0.15, -0.1) is 0 Å². The molecule has 0 aromatic heterocycles. The number of unbranched alkanes of at least 4 members (excludes halogenated alkanes) is 17. The highest BCUT2D eigenvalue weighted by Gasteiger charge is 2.19. The van der Waals surface area contributed by atoms with Gasteiger partial charge in [0.2, 0.25) is 0 Å². The Labute approximate surface area is 400 Å². The summed E-state index contributed by atoms with van der Waals surface area (Å²) in [5.74, 6) is -0.986. The molecular weight excluding hydrogens is 805 g/mol. The monoisotopic (exact) mass is 901 g/mol. The van der Waals surface area contributed by atoms with Crippen LogP contribution in [0, 0.1) is 0 Å². The number of ether oxygens (including phenoxy) is 3. The van der Waals surface area contributed by atoms with Gasteiger partial charge < -0.3 is 14.2 Å². The van der Waals surface area contributed by atoms with E-state index in [-0.39, 0.29) is 37.5 Å². The van der Waals surface area contributed by atoms with Crippen molar-refractivity contribution in [2.24, 2.45) is 0 Å². The normalized spacial score (nSPS) is 13.0. The summed E-state index contributed by atoms with van der Waals surface area (Å²) >= 11 is 0. The minimum absolute atomic E-state index is 0.102. The third kappa shape index (κ3) is 50.9. The van der Waals surface area contributed by atoms with Gasteiger partial charge in [-0.05, 0) is 103 Å². The molecule has 0 radical (unpaired) electrons. The molecule has 0 N–H and O–H groups in total. The molecule has 0 rings (SSSR count). The summed E-state index contributed by atoms with van der Waals surface area (Å²) in [5.41, 5.74) is 0. The zero-order chi connectivity index (χ0) is 47.2. The first kappa shape index (κ1) is 61.1. The van der Waals surface area contributed by atoms with Gasteiger partial charge in [0.05, 0.1) is 0 Å². The van der Waals surface area contributed by atoms with Crippen molar-refractivity contribution >= 4 is 17.9 Å². The lowest BCUT2D eigenvalue weighted by Crippen LogP contribution is -2.30. The van der Waals surface area contributed by atoms with Crippen LogP contribution < -0.4 is 0 Å². The molecule has 0 fully saturated rings. The Hall–Kier alpha value is -3.93. The Bertz CT molecular complexity index is 1360. The molecule has 0 aliphatic heterocycles. The Balaban J connectivity index is 4.44. The SMILES string of the molecule is CC/C=C\C/C=C\C/C=C\C/C=C\C/C=C\C/C=C\C/C=C\CCCC(=O)OCC(COC(=O)CCCCCCCCCCC)OC(=O)CCCCCCC/C=C\C/C=C\CCCCC. The number of carbonyl (C=O) groups is 3. The summed E-state index contributed by atoms with van der Waals surface area (Å²) in [5, 5.41) is 0. The number of carbonyl (C=O) groups excluding carboxylic acids is 3. The maximum Gasteiger partial charge on any atom is 0.306 e. The zero-order valence-electron chi connectivity index (χ0n) is 42.0. The lowest BCUT2D eigenvalue weighted by molar-refractivity contribution is -0.167. The molecule has 6 nitrogen and oxygen atoms in total. The van der Waals surface area contributed by atoms with Crippen molar-refractivity contribution in [3.63, 3.8) is 0 Å². The topological polar surface area (TPSA) is 78.9 Å². The second kappa shape index (κ2) is 52.7. The average Bonchev–Trinajstić information content (AvgIpc) is 3.30. The third-order valence-corrected chi connectivity index (χ3v) is 10.8. The zero-order valence-corrected chi connectivity index (χ0v) is 42.0. The van der Waals surface area contributed by atoms with Gasteiger partial charge in [0.15, 0.2) is 6.10 Å². The molecule has 0 aromatic carbocycles. The highest BCUT2D eigenvalue weighted by atomic mass is 16.6. The first-order chi connectivity index (χ1) is 32.0. The fraction of sp³-hybridized carbons (Fsp3) is 0.644. The number of hydrogen-bond donors (Lipinski definition) is 0. The Morgan fingerprint density at radius 3 is 1.03 bits per heavy atom. The van der Waals surface area contributed by atoms with Gasteiger partial charge in [0.1, 0.15) is 13.2 Å². The van der Waals surface area contributed by atoms with Crippen LogP contribution in [0.15, 0.2) is 109 Å². The molecule has 1 atom stereocenters. The van der Waals surface area contributed by atoms with E-state index in [0.717, 1.165) is 116 Å². The first-order valence-corrected chi connectivity index (χ1v) is 26.4. The van der Waals surface area contributed by atoms with E-state index < -0.39 is 6.10 Å². The number of hydrogen-bond acceptors (Lipinski definition) is 6. The van der Waals surface area contributed by atoms with Crippen LogP contribution in [0.1, 0.15) is 226 Å². The number of esters is 3. The second-order valence-corrected chi connectivity index (χ2v) is 17.1. The maximum atomic E-state index is 12.8. The van der Waals surface area contributed by atoms with Gasteiger partial charge in [-0.1, -0.05) is 214 Å². The third-order valence-electron chi connectivity index (χ3n) is 10.8. The first-order valence-electron chi connectivity index (χ1n) is 26.4. The highest BCUT2D eigenvalue weighted by molar-refractivity contribution is 5.71. The van der Waals surface area contributed by atoms with E-state index in [0.29, 0.717) is 19.3 Å². The summed E-state index contributed by atoms with van der Waals surface area (Å²) in [4.78, 5) is 37.9. The molecule has 0 aliphatic rings. The fourth-order valence-electron chi connectivity index (χ4n) is 6.81. The van der Waals surface area contributed by atoms with Crippen LogP contribution in [0.25, 0.3) is 0 Å². The molecule has 0 saturated carbocycles. The van der Waals surface area contributed by atoms with Crippen LogP contribution >= 0.6 is 0 Å².